The molecule has 11 heteroatoms. The van der Waals surface area contributed by atoms with E-state index in [1.165, 1.54) is 11.3 Å². The molecule has 0 radical (unpaired) electrons. The van der Waals surface area contributed by atoms with Gasteiger partial charge in [0.15, 0.2) is 0 Å². The fourth-order valence-corrected chi connectivity index (χ4v) is 6.28. The minimum Gasteiger partial charge on any atom is -0.369 e. The van der Waals surface area contributed by atoms with Crippen LogP contribution in [0, 0.1) is 5.92 Å². The zero-order valence-electron chi connectivity index (χ0n) is 20.4. The maximum Gasteiger partial charge on any atom is 0.320 e. The zero-order valence-corrected chi connectivity index (χ0v) is 21.2. The Labute approximate surface area is 215 Å². The van der Waals surface area contributed by atoms with Crippen molar-refractivity contribution in [1.29, 1.82) is 0 Å². The van der Waals surface area contributed by atoms with E-state index in [1.54, 1.807) is 11.1 Å². The first-order valence-electron chi connectivity index (χ1n) is 12.7. The van der Waals surface area contributed by atoms with Crippen molar-refractivity contribution in [3.8, 4) is 0 Å². The average Bonchev–Trinajstić information content (AvgIpc) is 3.43. The van der Waals surface area contributed by atoms with Crippen LogP contribution in [0.4, 0.5) is 10.6 Å². The van der Waals surface area contributed by atoms with E-state index in [1.807, 2.05) is 33.4 Å². The molecule has 2 aromatic rings. The third kappa shape index (κ3) is 5.30. The number of thiazole rings is 1. The van der Waals surface area contributed by atoms with Gasteiger partial charge in [-0.2, -0.15) is 0 Å². The lowest BCUT2D eigenvalue weighted by Crippen LogP contribution is -2.54. The third-order valence-electron chi connectivity index (χ3n) is 7.49. The number of nitrogens with zero attached hydrogens (tertiary/aromatic N) is 6. The summed E-state index contributed by atoms with van der Waals surface area (Å²) in [6.45, 7) is 5.35. The first kappa shape index (κ1) is 24.5. The number of primary amides is 1. The summed E-state index contributed by atoms with van der Waals surface area (Å²) in [7, 11) is 0. The molecule has 5 heterocycles. The Bertz CT molecular complexity index is 1080. The van der Waals surface area contributed by atoms with Gasteiger partial charge in [0.2, 0.25) is 5.91 Å². The van der Waals surface area contributed by atoms with Crippen LogP contribution >= 0.6 is 11.3 Å². The van der Waals surface area contributed by atoms with Gasteiger partial charge in [-0.05, 0) is 37.8 Å². The number of rotatable bonds is 4. The molecule has 0 saturated carbocycles. The van der Waals surface area contributed by atoms with E-state index >= 15 is 0 Å². The zero-order chi connectivity index (χ0) is 25.1. The van der Waals surface area contributed by atoms with Gasteiger partial charge >= 0.3 is 6.03 Å². The van der Waals surface area contributed by atoms with Crippen molar-refractivity contribution in [2.24, 2.45) is 11.7 Å². The third-order valence-corrected chi connectivity index (χ3v) is 8.50. The molecule has 36 heavy (non-hydrogen) atoms. The molecule has 3 saturated heterocycles. The van der Waals surface area contributed by atoms with Gasteiger partial charge in [0.25, 0.3) is 5.91 Å². The highest BCUT2D eigenvalue weighted by atomic mass is 32.1. The fourth-order valence-electron chi connectivity index (χ4n) is 5.31. The molecule has 0 bridgehead atoms. The maximum absolute atomic E-state index is 13.1. The molecule has 1 unspecified atom stereocenters. The van der Waals surface area contributed by atoms with Gasteiger partial charge < -0.3 is 25.3 Å². The van der Waals surface area contributed by atoms with Gasteiger partial charge in [-0.3, -0.25) is 9.59 Å². The Kier molecular flexibility index (Phi) is 7.35. The summed E-state index contributed by atoms with van der Waals surface area (Å²) in [6.07, 6.45) is 4.99. The van der Waals surface area contributed by atoms with E-state index < -0.39 is 0 Å². The number of nitrogens with two attached hydrogens (primary N) is 1. The second kappa shape index (κ2) is 10.8. The molecule has 3 aliphatic rings. The highest BCUT2D eigenvalue weighted by molar-refractivity contribution is 7.09. The summed E-state index contributed by atoms with van der Waals surface area (Å²) in [5, 5.41) is 2.78. The summed E-state index contributed by atoms with van der Waals surface area (Å²) in [5.74, 6) is 0.463. The summed E-state index contributed by atoms with van der Waals surface area (Å²) in [6, 6.07) is 6.01. The van der Waals surface area contributed by atoms with Crippen molar-refractivity contribution in [2.75, 3.05) is 57.3 Å². The minimum atomic E-state index is -0.345. The van der Waals surface area contributed by atoms with E-state index in [0.29, 0.717) is 45.0 Å². The van der Waals surface area contributed by atoms with E-state index in [4.69, 9.17) is 5.73 Å². The Morgan fingerprint density at radius 2 is 1.67 bits per heavy atom. The first-order valence-corrected chi connectivity index (χ1v) is 13.6. The van der Waals surface area contributed by atoms with Crippen molar-refractivity contribution >= 4 is 35.0 Å². The standard InChI is InChI=1S/C25H33N7O3S/c26-22(33)19-4-3-9-32(16-19)24(34)20-17-36-23(28-20)18-6-10-30(11-7-18)25(35)31-14-12-29(13-15-31)21-5-1-2-8-27-21/h1-2,5,8,17-19H,3-4,6-7,9-16H2,(H2,26,33). The van der Waals surface area contributed by atoms with Crippen LogP contribution in [0.15, 0.2) is 29.8 Å². The highest BCUT2D eigenvalue weighted by Crippen LogP contribution is 2.31. The van der Waals surface area contributed by atoms with Crippen LogP contribution in [-0.2, 0) is 4.79 Å². The van der Waals surface area contributed by atoms with Crippen molar-refractivity contribution in [2.45, 2.75) is 31.6 Å². The molecule has 0 aromatic carbocycles. The number of urea groups is 1. The molecule has 0 spiro atoms. The molecule has 10 nitrogen and oxygen atoms in total. The van der Waals surface area contributed by atoms with E-state index in [0.717, 1.165) is 49.6 Å². The number of hydrogen-bond donors (Lipinski definition) is 1. The van der Waals surface area contributed by atoms with Crippen LogP contribution in [-0.4, -0.2) is 94.9 Å². The Morgan fingerprint density at radius 3 is 2.36 bits per heavy atom. The lowest BCUT2D eigenvalue weighted by atomic mass is 9.97. The van der Waals surface area contributed by atoms with Crippen molar-refractivity contribution < 1.29 is 14.4 Å². The Hall–Kier alpha value is -3.21. The lowest BCUT2D eigenvalue weighted by molar-refractivity contribution is -0.123. The number of carbonyl (C=O) groups is 3. The molecule has 192 valence electrons. The van der Waals surface area contributed by atoms with Crippen LogP contribution in [0.25, 0.3) is 0 Å². The number of piperazine rings is 1. The van der Waals surface area contributed by atoms with Gasteiger partial charge in [-0.25, -0.2) is 14.8 Å². The van der Waals surface area contributed by atoms with Crippen LogP contribution in [0.1, 0.15) is 47.1 Å². The summed E-state index contributed by atoms with van der Waals surface area (Å²) in [5.41, 5.74) is 5.90. The first-order chi connectivity index (χ1) is 17.5. The molecular formula is C25H33N7O3S. The van der Waals surface area contributed by atoms with Gasteiger partial charge in [0, 0.05) is 69.9 Å². The molecule has 3 fully saturated rings. The minimum absolute atomic E-state index is 0.109. The fraction of sp³-hybridized carbons (Fsp3) is 0.560. The topological polar surface area (TPSA) is 116 Å². The normalized spacial score (nSPS) is 21.5. The molecule has 2 aromatic heterocycles. The Balaban J connectivity index is 1.11. The number of anilines is 1. The highest BCUT2D eigenvalue weighted by Gasteiger charge is 2.32. The summed E-state index contributed by atoms with van der Waals surface area (Å²) < 4.78 is 0. The molecule has 3 aliphatic heterocycles. The number of amides is 4. The van der Waals surface area contributed by atoms with Crippen molar-refractivity contribution in [1.82, 2.24) is 24.7 Å². The molecule has 5 rings (SSSR count). The smallest absolute Gasteiger partial charge is 0.320 e. The second-order valence-corrected chi connectivity index (χ2v) is 10.7. The number of hydrogen-bond acceptors (Lipinski definition) is 7. The second-order valence-electron chi connectivity index (χ2n) is 9.77. The van der Waals surface area contributed by atoms with E-state index in [9.17, 15) is 14.4 Å². The summed E-state index contributed by atoms with van der Waals surface area (Å²) in [4.78, 5) is 54.5. The molecular weight excluding hydrogens is 478 g/mol. The van der Waals surface area contributed by atoms with Gasteiger partial charge in [-0.1, -0.05) is 6.07 Å². The summed E-state index contributed by atoms with van der Waals surface area (Å²) >= 11 is 1.52. The number of carbonyl (C=O) groups excluding carboxylic acids is 3. The monoisotopic (exact) mass is 511 g/mol. The van der Waals surface area contributed by atoms with E-state index in [2.05, 4.69) is 14.9 Å². The lowest BCUT2D eigenvalue weighted by Gasteiger charge is -2.39. The van der Waals surface area contributed by atoms with Crippen molar-refractivity contribution in [3.63, 3.8) is 0 Å². The van der Waals surface area contributed by atoms with Crippen LogP contribution in [0.2, 0.25) is 0 Å². The molecule has 1 atom stereocenters. The SMILES string of the molecule is NC(=O)C1CCCN(C(=O)c2csc(C3CCN(C(=O)N4CCN(c5ccccn5)CC4)CC3)n2)C1. The van der Waals surface area contributed by atoms with Gasteiger partial charge in [0.05, 0.1) is 10.9 Å². The Morgan fingerprint density at radius 1 is 0.917 bits per heavy atom. The van der Waals surface area contributed by atoms with Gasteiger partial charge in [0.1, 0.15) is 11.5 Å². The average molecular weight is 512 g/mol. The van der Waals surface area contributed by atoms with Gasteiger partial charge in [-0.15, -0.1) is 11.3 Å². The van der Waals surface area contributed by atoms with Crippen LogP contribution < -0.4 is 10.6 Å². The predicted octanol–water partition coefficient (Wildman–Crippen LogP) is 2.00. The van der Waals surface area contributed by atoms with E-state index in [-0.39, 0.29) is 29.7 Å². The predicted molar refractivity (Wildman–Crippen MR) is 137 cm³/mol. The number of pyridine rings is 1. The maximum atomic E-state index is 13.1. The van der Waals surface area contributed by atoms with Crippen molar-refractivity contribution in [3.05, 3.63) is 40.5 Å². The van der Waals surface area contributed by atoms with Crippen LogP contribution in [0.3, 0.4) is 0 Å². The molecule has 2 N–H and O–H groups in total. The van der Waals surface area contributed by atoms with Crippen LogP contribution in [0.5, 0.6) is 0 Å². The molecule has 4 amide bonds. The largest absolute Gasteiger partial charge is 0.369 e. The molecule has 0 aliphatic carbocycles. The number of piperidine rings is 2. The number of aromatic nitrogens is 2. The quantitative estimate of drug-likeness (QED) is 0.671. The number of likely N-dealkylation sites (tertiary alicyclic amines) is 2.